The summed E-state index contributed by atoms with van der Waals surface area (Å²) in [5, 5.41) is 13.5. The number of hydrogen-bond acceptors (Lipinski definition) is 4. The van der Waals surface area contributed by atoms with Crippen molar-refractivity contribution in [1.82, 2.24) is 10.2 Å². The summed E-state index contributed by atoms with van der Waals surface area (Å²) < 4.78 is 5.93. The molecule has 4 heteroatoms. The van der Waals surface area contributed by atoms with Gasteiger partial charge in [-0.15, -0.1) is 0 Å². The first-order valence-corrected chi connectivity index (χ1v) is 7.55. The third-order valence-electron chi connectivity index (χ3n) is 4.35. The van der Waals surface area contributed by atoms with Crippen molar-refractivity contribution in [3.63, 3.8) is 0 Å². The van der Waals surface area contributed by atoms with Crippen molar-refractivity contribution in [2.24, 2.45) is 5.92 Å². The zero-order valence-corrected chi connectivity index (χ0v) is 12.1. The molecule has 0 aromatic heterocycles. The smallest absolute Gasteiger partial charge is 0.119 e. The standard InChI is InChI=1S/C16H24N2O2/c1-18-9-13-2-3-14(8-15(13)16(19)10-18)20-11-12-4-6-17-7-5-12/h2-3,8,12,16-17,19H,4-7,9-11H2,1H3/t16-/m0/s1. The van der Waals surface area contributed by atoms with Crippen molar-refractivity contribution in [2.45, 2.75) is 25.5 Å². The Morgan fingerprint density at radius 2 is 2.15 bits per heavy atom. The third kappa shape index (κ3) is 3.14. The van der Waals surface area contributed by atoms with Crippen LogP contribution in [0.4, 0.5) is 0 Å². The zero-order valence-electron chi connectivity index (χ0n) is 12.1. The van der Waals surface area contributed by atoms with E-state index in [0.29, 0.717) is 12.5 Å². The molecule has 2 N–H and O–H groups in total. The number of rotatable bonds is 3. The quantitative estimate of drug-likeness (QED) is 0.879. The van der Waals surface area contributed by atoms with Gasteiger partial charge in [-0.2, -0.15) is 0 Å². The van der Waals surface area contributed by atoms with Gasteiger partial charge in [0.2, 0.25) is 0 Å². The predicted octanol–water partition coefficient (Wildman–Crippen LogP) is 1.54. The van der Waals surface area contributed by atoms with Gasteiger partial charge in [-0.1, -0.05) is 6.07 Å². The molecule has 0 bridgehead atoms. The maximum absolute atomic E-state index is 10.2. The minimum absolute atomic E-state index is 0.397. The van der Waals surface area contributed by atoms with Gasteiger partial charge in [-0.25, -0.2) is 0 Å². The number of ether oxygens (including phenoxy) is 1. The summed E-state index contributed by atoms with van der Waals surface area (Å²) in [4.78, 5) is 2.14. The van der Waals surface area contributed by atoms with Gasteiger partial charge in [-0.05, 0) is 62.2 Å². The summed E-state index contributed by atoms with van der Waals surface area (Å²) in [5.74, 6) is 1.55. The van der Waals surface area contributed by atoms with Gasteiger partial charge >= 0.3 is 0 Å². The Balaban J connectivity index is 1.64. The first-order chi connectivity index (χ1) is 9.72. The van der Waals surface area contributed by atoms with Crippen LogP contribution in [-0.4, -0.2) is 43.3 Å². The molecule has 110 valence electrons. The number of piperidine rings is 1. The van der Waals surface area contributed by atoms with Crippen LogP contribution in [0, 0.1) is 5.92 Å². The molecule has 20 heavy (non-hydrogen) atoms. The summed E-state index contributed by atoms with van der Waals surface area (Å²) >= 11 is 0. The highest BCUT2D eigenvalue weighted by molar-refractivity contribution is 5.38. The molecule has 0 amide bonds. The molecule has 4 nitrogen and oxygen atoms in total. The van der Waals surface area contributed by atoms with Crippen LogP contribution in [0.1, 0.15) is 30.1 Å². The highest BCUT2D eigenvalue weighted by atomic mass is 16.5. The van der Waals surface area contributed by atoms with E-state index in [0.717, 1.165) is 37.6 Å². The largest absolute Gasteiger partial charge is 0.493 e. The number of nitrogens with zero attached hydrogens (tertiary/aromatic N) is 1. The van der Waals surface area contributed by atoms with E-state index in [1.165, 1.54) is 18.4 Å². The highest BCUT2D eigenvalue weighted by Crippen LogP contribution is 2.29. The Morgan fingerprint density at radius 3 is 2.95 bits per heavy atom. The molecule has 1 aromatic rings. The molecule has 0 radical (unpaired) electrons. The lowest BCUT2D eigenvalue weighted by Gasteiger charge is -2.29. The first-order valence-electron chi connectivity index (χ1n) is 7.55. The summed E-state index contributed by atoms with van der Waals surface area (Å²) in [6.45, 7) is 4.59. The molecule has 0 unspecified atom stereocenters. The molecule has 2 aliphatic heterocycles. The number of aliphatic hydroxyl groups excluding tert-OH is 1. The molecule has 1 saturated heterocycles. The van der Waals surface area contributed by atoms with Crippen LogP contribution in [0.25, 0.3) is 0 Å². The van der Waals surface area contributed by atoms with E-state index >= 15 is 0 Å². The molecule has 3 rings (SSSR count). The SMILES string of the molecule is CN1Cc2ccc(OCC3CCNCC3)cc2[C@@H](O)C1. The fourth-order valence-corrected chi connectivity index (χ4v) is 3.13. The van der Waals surface area contributed by atoms with E-state index in [9.17, 15) is 5.11 Å². The average molecular weight is 276 g/mol. The average Bonchev–Trinajstić information content (AvgIpc) is 2.46. The molecule has 0 spiro atoms. The number of fused-ring (bicyclic) bond motifs is 1. The minimum Gasteiger partial charge on any atom is -0.493 e. The van der Waals surface area contributed by atoms with Gasteiger partial charge in [0.1, 0.15) is 5.75 Å². The van der Waals surface area contributed by atoms with Crippen LogP contribution in [-0.2, 0) is 6.54 Å². The molecular formula is C16H24N2O2. The number of aliphatic hydroxyl groups is 1. The summed E-state index contributed by atoms with van der Waals surface area (Å²) in [5.41, 5.74) is 2.24. The van der Waals surface area contributed by atoms with E-state index in [1.807, 2.05) is 19.2 Å². The van der Waals surface area contributed by atoms with Crippen LogP contribution in [0.15, 0.2) is 18.2 Å². The van der Waals surface area contributed by atoms with Gasteiger partial charge in [0.15, 0.2) is 0 Å². The van der Waals surface area contributed by atoms with Crippen molar-refractivity contribution in [3.8, 4) is 5.75 Å². The summed E-state index contributed by atoms with van der Waals surface area (Å²) in [6.07, 6.45) is 1.99. The number of benzene rings is 1. The molecular weight excluding hydrogens is 252 g/mol. The van der Waals surface area contributed by atoms with Crippen LogP contribution in [0.5, 0.6) is 5.75 Å². The zero-order chi connectivity index (χ0) is 13.9. The Bertz CT molecular complexity index is 458. The van der Waals surface area contributed by atoms with Crippen molar-refractivity contribution >= 4 is 0 Å². The minimum atomic E-state index is -0.397. The molecule has 0 aliphatic carbocycles. The topological polar surface area (TPSA) is 44.7 Å². The first kappa shape index (κ1) is 13.9. The lowest BCUT2D eigenvalue weighted by atomic mass is 9.97. The molecule has 0 saturated carbocycles. The summed E-state index contributed by atoms with van der Waals surface area (Å²) in [7, 11) is 2.04. The van der Waals surface area contributed by atoms with Crippen LogP contribution in [0.3, 0.4) is 0 Å². The number of β-amino-alcohol motifs (C(OH)–C–C–N with tert-alkyl or cyclic N) is 1. The van der Waals surface area contributed by atoms with Gasteiger partial charge in [0, 0.05) is 13.1 Å². The fourth-order valence-electron chi connectivity index (χ4n) is 3.13. The van der Waals surface area contributed by atoms with Gasteiger partial charge in [0.25, 0.3) is 0 Å². The summed E-state index contributed by atoms with van der Waals surface area (Å²) in [6, 6.07) is 6.14. The van der Waals surface area contributed by atoms with E-state index in [2.05, 4.69) is 16.3 Å². The Labute approximate surface area is 120 Å². The normalized spacial score (nSPS) is 24.4. The van der Waals surface area contributed by atoms with Gasteiger partial charge < -0.3 is 15.2 Å². The molecule has 1 aromatic carbocycles. The van der Waals surface area contributed by atoms with Crippen molar-refractivity contribution in [1.29, 1.82) is 0 Å². The molecule has 1 atom stereocenters. The maximum Gasteiger partial charge on any atom is 0.119 e. The second-order valence-corrected chi connectivity index (χ2v) is 6.08. The highest BCUT2D eigenvalue weighted by Gasteiger charge is 2.22. The Hall–Kier alpha value is -1.10. The van der Waals surface area contributed by atoms with E-state index in [4.69, 9.17) is 4.74 Å². The lowest BCUT2D eigenvalue weighted by molar-refractivity contribution is 0.107. The Morgan fingerprint density at radius 1 is 1.35 bits per heavy atom. The number of likely N-dealkylation sites (N-methyl/N-ethyl adjacent to an activating group) is 1. The monoisotopic (exact) mass is 276 g/mol. The van der Waals surface area contributed by atoms with Crippen LogP contribution in [0.2, 0.25) is 0 Å². The van der Waals surface area contributed by atoms with Gasteiger partial charge in [-0.3, -0.25) is 4.90 Å². The Kier molecular flexibility index (Phi) is 4.24. The van der Waals surface area contributed by atoms with Gasteiger partial charge in [0.05, 0.1) is 12.7 Å². The number of hydrogen-bond donors (Lipinski definition) is 2. The number of nitrogens with one attached hydrogen (secondary N) is 1. The molecule has 1 fully saturated rings. The molecule has 2 heterocycles. The third-order valence-corrected chi connectivity index (χ3v) is 4.35. The van der Waals surface area contributed by atoms with Crippen LogP contribution < -0.4 is 10.1 Å². The molecule has 2 aliphatic rings. The van der Waals surface area contributed by atoms with E-state index in [-0.39, 0.29) is 0 Å². The van der Waals surface area contributed by atoms with Crippen LogP contribution >= 0.6 is 0 Å². The second-order valence-electron chi connectivity index (χ2n) is 6.08. The lowest BCUT2D eigenvalue weighted by Crippen LogP contribution is -2.31. The van der Waals surface area contributed by atoms with E-state index in [1.54, 1.807) is 0 Å². The fraction of sp³-hybridized carbons (Fsp3) is 0.625. The van der Waals surface area contributed by atoms with Crippen molar-refractivity contribution < 1.29 is 9.84 Å². The van der Waals surface area contributed by atoms with E-state index < -0.39 is 6.10 Å². The van der Waals surface area contributed by atoms with Crippen molar-refractivity contribution in [2.75, 3.05) is 33.3 Å². The predicted molar refractivity (Wildman–Crippen MR) is 78.8 cm³/mol. The maximum atomic E-state index is 10.2. The van der Waals surface area contributed by atoms with Crippen molar-refractivity contribution in [3.05, 3.63) is 29.3 Å². The second kappa shape index (κ2) is 6.12.